The average Bonchev–Trinajstić information content (AvgIpc) is 2.53. The first-order valence-corrected chi connectivity index (χ1v) is 7.16. The number of amides is 2. The van der Waals surface area contributed by atoms with Crippen molar-refractivity contribution in [1.29, 1.82) is 0 Å². The van der Waals surface area contributed by atoms with E-state index in [1.54, 1.807) is 24.3 Å². The molecule has 2 amide bonds. The molecule has 2 N–H and O–H groups in total. The molecule has 0 spiro atoms. The van der Waals surface area contributed by atoms with Gasteiger partial charge < -0.3 is 10.6 Å². The molecule has 23 heavy (non-hydrogen) atoms. The number of para-hydroxylation sites is 1. The number of anilines is 1. The van der Waals surface area contributed by atoms with Crippen LogP contribution in [0.15, 0.2) is 42.5 Å². The number of carbonyl (C=O) groups excluding carboxylic acids is 2. The van der Waals surface area contributed by atoms with Gasteiger partial charge >= 0.3 is 0 Å². The normalized spacial score (nSPS) is 10.2. The van der Waals surface area contributed by atoms with Crippen LogP contribution in [0.5, 0.6) is 0 Å². The van der Waals surface area contributed by atoms with Crippen molar-refractivity contribution in [3.63, 3.8) is 0 Å². The van der Waals surface area contributed by atoms with Crippen molar-refractivity contribution in [2.24, 2.45) is 0 Å². The second kappa shape index (κ2) is 7.49. The molecule has 0 aromatic heterocycles. The molecule has 0 aliphatic rings. The number of carbonyl (C=O) groups is 2. The molecular weight excluding hydrogens is 302 g/mol. The molecule has 2 rings (SSSR count). The molecule has 0 radical (unpaired) electrons. The SMILES string of the molecule is CCCNC(=O)c1ccccc1NC(=O)c1ccc(F)cc1F. The van der Waals surface area contributed by atoms with Crippen molar-refractivity contribution in [2.45, 2.75) is 13.3 Å². The number of hydrogen-bond donors (Lipinski definition) is 2. The molecule has 0 aliphatic carbocycles. The Kier molecular flexibility index (Phi) is 5.41. The van der Waals surface area contributed by atoms with Gasteiger partial charge in [0.1, 0.15) is 11.6 Å². The second-order valence-electron chi connectivity index (χ2n) is 4.88. The van der Waals surface area contributed by atoms with Crippen LogP contribution in [0.4, 0.5) is 14.5 Å². The van der Waals surface area contributed by atoms with Crippen LogP contribution in [-0.4, -0.2) is 18.4 Å². The van der Waals surface area contributed by atoms with Crippen LogP contribution >= 0.6 is 0 Å². The van der Waals surface area contributed by atoms with E-state index in [1.165, 1.54) is 0 Å². The molecule has 0 atom stereocenters. The van der Waals surface area contributed by atoms with Crippen molar-refractivity contribution < 1.29 is 18.4 Å². The highest BCUT2D eigenvalue weighted by Crippen LogP contribution is 2.17. The quantitative estimate of drug-likeness (QED) is 0.888. The molecule has 120 valence electrons. The highest BCUT2D eigenvalue weighted by atomic mass is 19.1. The van der Waals surface area contributed by atoms with E-state index in [0.717, 1.165) is 18.6 Å². The summed E-state index contributed by atoms with van der Waals surface area (Å²) in [5.74, 6) is -2.81. The van der Waals surface area contributed by atoms with E-state index in [-0.39, 0.29) is 22.7 Å². The van der Waals surface area contributed by atoms with Gasteiger partial charge in [-0.1, -0.05) is 19.1 Å². The van der Waals surface area contributed by atoms with Crippen molar-refractivity contribution in [3.05, 3.63) is 65.2 Å². The highest BCUT2D eigenvalue weighted by molar-refractivity contribution is 6.09. The van der Waals surface area contributed by atoms with Gasteiger partial charge in [0.15, 0.2) is 0 Å². The van der Waals surface area contributed by atoms with Gasteiger partial charge in [-0.15, -0.1) is 0 Å². The maximum absolute atomic E-state index is 13.6. The van der Waals surface area contributed by atoms with Crippen LogP contribution in [0.1, 0.15) is 34.1 Å². The Morgan fingerprint density at radius 2 is 1.74 bits per heavy atom. The Bertz CT molecular complexity index is 732. The van der Waals surface area contributed by atoms with Crippen LogP contribution in [0.3, 0.4) is 0 Å². The van der Waals surface area contributed by atoms with Crippen LogP contribution in [0, 0.1) is 11.6 Å². The summed E-state index contributed by atoms with van der Waals surface area (Å²) >= 11 is 0. The third-order valence-electron chi connectivity index (χ3n) is 3.13. The monoisotopic (exact) mass is 318 g/mol. The summed E-state index contributed by atoms with van der Waals surface area (Å²) in [5, 5.41) is 5.19. The maximum atomic E-state index is 13.6. The van der Waals surface area contributed by atoms with Gasteiger partial charge in [-0.3, -0.25) is 9.59 Å². The third-order valence-corrected chi connectivity index (χ3v) is 3.13. The first kappa shape index (κ1) is 16.6. The van der Waals surface area contributed by atoms with Crippen LogP contribution < -0.4 is 10.6 Å². The van der Waals surface area contributed by atoms with E-state index in [1.807, 2.05) is 6.92 Å². The Morgan fingerprint density at radius 1 is 1.00 bits per heavy atom. The van der Waals surface area contributed by atoms with Crippen molar-refractivity contribution in [3.8, 4) is 0 Å². The number of hydrogen-bond acceptors (Lipinski definition) is 2. The third kappa shape index (κ3) is 4.12. The number of benzene rings is 2. The lowest BCUT2D eigenvalue weighted by Gasteiger charge is -2.11. The summed E-state index contributed by atoms with van der Waals surface area (Å²) in [6.45, 7) is 2.43. The van der Waals surface area contributed by atoms with Crippen molar-refractivity contribution in [2.75, 3.05) is 11.9 Å². The zero-order valence-electron chi connectivity index (χ0n) is 12.5. The highest BCUT2D eigenvalue weighted by Gasteiger charge is 2.16. The Hall–Kier alpha value is -2.76. The molecule has 6 heteroatoms. The molecule has 2 aromatic rings. The average molecular weight is 318 g/mol. The predicted molar refractivity (Wildman–Crippen MR) is 83.4 cm³/mol. The molecule has 0 bridgehead atoms. The Labute approximate surface area is 132 Å². The minimum atomic E-state index is -0.963. The molecule has 0 heterocycles. The van der Waals surface area contributed by atoms with E-state index < -0.39 is 17.5 Å². The van der Waals surface area contributed by atoms with Crippen LogP contribution in [0.2, 0.25) is 0 Å². The van der Waals surface area contributed by atoms with E-state index in [0.29, 0.717) is 12.6 Å². The van der Waals surface area contributed by atoms with Crippen LogP contribution in [0.25, 0.3) is 0 Å². The van der Waals surface area contributed by atoms with E-state index in [9.17, 15) is 18.4 Å². The number of rotatable bonds is 5. The Morgan fingerprint density at radius 3 is 2.43 bits per heavy atom. The van der Waals surface area contributed by atoms with Gasteiger partial charge in [0.05, 0.1) is 16.8 Å². The number of nitrogens with one attached hydrogen (secondary N) is 2. The zero-order valence-corrected chi connectivity index (χ0v) is 12.5. The topological polar surface area (TPSA) is 58.2 Å². The largest absolute Gasteiger partial charge is 0.352 e. The van der Waals surface area contributed by atoms with Gasteiger partial charge in [0.2, 0.25) is 0 Å². The molecule has 4 nitrogen and oxygen atoms in total. The van der Waals surface area contributed by atoms with Crippen molar-refractivity contribution in [1.82, 2.24) is 5.32 Å². The standard InChI is InChI=1S/C17H16F2N2O2/c1-2-9-20-16(22)13-5-3-4-6-15(13)21-17(23)12-8-7-11(18)10-14(12)19/h3-8,10H,2,9H2,1H3,(H,20,22)(H,21,23). The second-order valence-corrected chi connectivity index (χ2v) is 4.88. The summed E-state index contributed by atoms with van der Waals surface area (Å²) in [4.78, 5) is 24.2. The molecule has 0 aliphatic heterocycles. The lowest BCUT2D eigenvalue weighted by Crippen LogP contribution is -2.26. The van der Waals surface area contributed by atoms with Gasteiger partial charge in [0, 0.05) is 12.6 Å². The summed E-state index contributed by atoms with van der Waals surface area (Å²) in [6, 6.07) is 9.09. The van der Waals surface area contributed by atoms with E-state index >= 15 is 0 Å². The van der Waals surface area contributed by atoms with Gasteiger partial charge in [-0.25, -0.2) is 8.78 Å². The Balaban J connectivity index is 2.23. The summed E-state index contributed by atoms with van der Waals surface area (Å²) in [6.07, 6.45) is 0.779. The van der Waals surface area contributed by atoms with E-state index in [2.05, 4.69) is 10.6 Å². The van der Waals surface area contributed by atoms with Crippen molar-refractivity contribution >= 4 is 17.5 Å². The van der Waals surface area contributed by atoms with Gasteiger partial charge in [-0.05, 0) is 30.7 Å². The molecule has 0 fully saturated rings. The first-order chi connectivity index (χ1) is 11.0. The first-order valence-electron chi connectivity index (χ1n) is 7.16. The summed E-state index contributed by atoms with van der Waals surface area (Å²) in [5.41, 5.74) is 0.238. The smallest absolute Gasteiger partial charge is 0.258 e. The fourth-order valence-electron chi connectivity index (χ4n) is 1.99. The lowest BCUT2D eigenvalue weighted by atomic mass is 10.1. The molecular formula is C17H16F2N2O2. The molecule has 2 aromatic carbocycles. The maximum Gasteiger partial charge on any atom is 0.258 e. The fourth-order valence-corrected chi connectivity index (χ4v) is 1.99. The van der Waals surface area contributed by atoms with Crippen LogP contribution in [-0.2, 0) is 0 Å². The minimum absolute atomic E-state index is 0.259. The van der Waals surface area contributed by atoms with Gasteiger partial charge in [0.25, 0.3) is 11.8 Å². The number of halogens is 2. The zero-order chi connectivity index (χ0) is 16.8. The summed E-state index contributed by atoms with van der Waals surface area (Å²) in [7, 11) is 0. The van der Waals surface area contributed by atoms with Gasteiger partial charge in [-0.2, -0.15) is 0 Å². The fraction of sp³-hybridized carbons (Fsp3) is 0.176. The molecule has 0 unspecified atom stereocenters. The van der Waals surface area contributed by atoms with E-state index in [4.69, 9.17) is 0 Å². The molecule has 0 saturated heterocycles. The molecule has 0 saturated carbocycles. The minimum Gasteiger partial charge on any atom is -0.352 e. The predicted octanol–water partition coefficient (Wildman–Crippen LogP) is 3.36. The lowest BCUT2D eigenvalue weighted by molar-refractivity contribution is 0.0954. The summed E-state index contributed by atoms with van der Waals surface area (Å²) < 4.78 is 26.6.